The Balaban J connectivity index is 1.93. The van der Waals surface area contributed by atoms with Crippen LogP contribution in [0.2, 0.25) is 0 Å². The summed E-state index contributed by atoms with van der Waals surface area (Å²) < 4.78 is 10.6. The number of nitrogens with two attached hydrogens (primary N) is 1. The molecule has 4 heteroatoms. The zero-order valence-electron chi connectivity index (χ0n) is 8.72. The minimum atomic E-state index is 0.415. The van der Waals surface area contributed by atoms with Gasteiger partial charge in [0.05, 0.1) is 33.0 Å². The van der Waals surface area contributed by atoms with Gasteiger partial charge in [0.25, 0.3) is 0 Å². The van der Waals surface area contributed by atoms with Crippen molar-refractivity contribution in [1.82, 2.24) is 0 Å². The van der Waals surface area contributed by atoms with Crippen molar-refractivity contribution < 1.29 is 14.3 Å². The van der Waals surface area contributed by atoms with Gasteiger partial charge in [-0.25, -0.2) is 5.90 Å². The van der Waals surface area contributed by atoms with Crippen LogP contribution in [-0.4, -0.2) is 26.4 Å². The van der Waals surface area contributed by atoms with Gasteiger partial charge >= 0.3 is 0 Å². The Morgan fingerprint density at radius 2 is 1.53 bits per heavy atom. The third-order valence-electron chi connectivity index (χ3n) is 1.83. The highest BCUT2D eigenvalue weighted by atomic mass is 16.6. The number of hydrogen-bond acceptors (Lipinski definition) is 4. The van der Waals surface area contributed by atoms with Crippen LogP contribution in [0.1, 0.15) is 5.56 Å². The Bertz CT molecular complexity index is 241. The van der Waals surface area contributed by atoms with Crippen molar-refractivity contribution in [3.05, 3.63) is 35.9 Å². The quantitative estimate of drug-likeness (QED) is 0.517. The maximum absolute atomic E-state index is 5.40. The lowest BCUT2D eigenvalue weighted by Gasteiger charge is -2.05. The summed E-state index contributed by atoms with van der Waals surface area (Å²) in [4.78, 5) is 4.35. The molecule has 84 valence electrons. The van der Waals surface area contributed by atoms with Gasteiger partial charge in [-0.15, -0.1) is 0 Å². The molecule has 0 heterocycles. The summed E-state index contributed by atoms with van der Waals surface area (Å²) >= 11 is 0. The fourth-order valence-corrected chi connectivity index (χ4v) is 1.09. The highest BCUT2D eigenvalue weighted by Gasteiger charge is 1.92. The van der Waals surface area contributed by atoms with Crippen LogP contribution in [0.4, 0.5) is 0 Å². The van der Waals surface area contributed by atoms with E-state index in [1.165, 1.54) is 5.56 Å². The van der Waals surface area contributed by atoms with Gasteiger partial charge < -0.3 is 14.3 Å². The zero-order chi connectivity index (χ0) is 10.8. The molecule has 0 radical (unpaired) electrons. The molecule has 2 N–H and O–H groups in total. The molecule has 0 bridgehead atoms. The Hall–Kier alpha value is -0.940. The molecule has 1 aromatic carbocycles. The Kier molecular flexibility index (Phi) is 6.77. The highest BCUT2D eigenvalue weighted by molar-refractivity contribution is 5.13. The summed E-state index contributed by atoms with van der Waals surface area (Å²) in [6, 6.07) is 10.0. The molecule has 0 amide bonds. The first kappa shape index (κ1) is 12.1. The summed E-state index contributed by atoms with van der Waals surface area (Å²) in [7, 11) is 0. The molecular formula is C11H17NO3. The van der Waals surface area contributed by atoms with E-state index in [0.29, 0.717) is 33.0 Å². The summed E-state index contributed by atoms with van der Waals surface area (Å²) in [6.07, 6.45) is 0. The van der Waals surface area contributed by atoms with E-state index < -0.39 is 0 Å². The van der Waals surface area contributed by atoms with Gasteiger partial charge in [0.1, 0.15) is 0 Å². The lowest BCUT2D eigenvalue weighted by molar-refractivity contribution is 0.0103. The maximum atomic E-state index is 5.40. The van der Waals surface area contributed by atoms with Crippen LogP contribution in [0.5, 0.6) is 0 Å². The van der Waals surface area contributed by atoms with Gasteiger partial charge in [-0.3, -0.25) is 0 Å². The van der Waals surface area contributed by atoms with Crippen LogP contribution >= 0.6 is 0 Å². The fourth-order valence-electron chi connectivity index (χ4n) is 1.09. The minimum Gasteiger partial charge on any atom is -0.377 e. The average Bonchev–Trinajstić information content (AvgIpc) is 2.29. The first-order valence-electron chi connectivity index (χ1n) is 4.94. The maximum Gasteiger partial charge on any atom is 0.0913 e. The molecule has 0 spiro atoms. The minimum absolute atomic E-state index is 0.415. The summed E-state index contributed by atoms with van der Waals surface area (Å²) in [5, 5.41) is 0. The molecule has 1 aromatic rings. The largest absolute Gasteiger partial charge is 0.377 e. The van der Waals surface area contributed by atoms with Crippen molar-refractivity contribution in [3.8, 4) is 0 Å². The molecule has 0 atom stereocenters. The van der Waals surface area contributed by atoms with E-state index >= 15 is 0 Å². The number of rotatable bonds is 8. The van der Waals surface area contributed by atoms with Crippen LogP contribution in [0.15, 0.2) is 30.3 Å². The summed E-state index contributed by atoms with van der Waals surface area (Å²) in [5.74, 6) is 4.83. The highest BCUT2D eigenvalue weighted by Crippen LogP contribution is 1.99. The van der Waals surface area contributed by atoms with Gasteiger partial charge in [-0.05, 0) is 5.56 Å². The van der Waals surface area contributed by atoms with Crippen LogP contribution < -0.4 is 5.90 Å². The van der Waals surface area contributed by atoms with Gasteiger partial charge in [0, 0.05) is 0 Å². The van der Waals surface area contributed by atoms with Crippen molar-refractivity contribution in [2.24, 2.45) is 5.90 Å². The van der Waals surface area contributed by atoms with Crippen LogP contribution in [0.25, 0.3) is 0 Å². The van der Waals surface area contributed by atoms with E-state index in [4.69, 9.17) is 15.4 Å². The smallest absolute Gasteiger partial charge is 0.0913 e. The van der Waals surface area contributed by atoms with E-state index in [9.17, 15) is 0 Å². The van der Waals surface area contributed by atoms with Crippen LogP contribution in [0.3, 0.4) is 0 Å². The van der Waals surface area contributed by atoms with E-state index in [1.54, 1.807) is 0 Å². The lowest BCUT2D eigenvalue weighted by atomic mass is 10.2. The van der Waals surface area contributed by atoms with Crippen LogP contribution in [-0.2, 0) is 20.9 Å². The molecule has 15 heavy (non-hydrogen) atoms. The molecule has 0 saturated carbocycles. The second kappa shape index (κ2) is 8.38. The SMILES string of the molecule is NOCCOCCOCc1ccccc1. The first-order chi connectivity index (χ1) is 7.43. The van der Waals surface area contributed by atoms with Crippen molar-refractivity contribution >= 4 is 0 Å². The Morgan fingerprint density at radius 1 is 0.867 bits per heavy atom. The number of ether oxygens (including phenoxy) is 2. The van der Waals surface area contributed by atoms with Gasteiger partial charge in [-0.1, -0.05) is 30.3 Å². The van der Waals surface area contributed by atoms with Gasteiger partial charge in [0.15, 0.2) is 0 Å². The molecule has 0 aromatic heterocycles. The van der Waals surface area contributed by atoms with Gasteiger partial charge in [-0.2, -0.15) is 0 Å². The van der Waals surface area contributed by atoms with Crippen molar-refractivity contribution in [1.29, 1.82) is 0 Å². The molecule has 0 fully saturated rings. The predicted molar refractivity (Wildman–Crippen MR) is 57.1 cm³/mol. The standard InChI is InChI=1S/C11H17NO3/c12-15-9-8-13-6-7-14-10-11-4-2-1-3-5-11/h1-5H,6-10,12H2. The second-order valence-corrected chi connectivity index (χ2v) is 3.02. The Labute approximate surface area is 89.9 Å². The molecule has 0 aliphatic heterocycles. The topological polar surface area (TPSA) is 53.7 Å². The molecule has 0 aliphatic carbocycles. The Morgan fingerprint density at radius 3 is 2.27 bits per heavy atom. The van der Waals surface area contributed by atoms with E-state index in [1.807, 2.05) is 30.3 Å². The van der Waals surface area contributed by atoms with Crippen LogP contribution in [0, 0.1) is 0 Å². The van der Waals surface area contributed by atoms with Crippen molar-refractivity contribution in [3.63, 3.8) is 0 Å². The molecule has 0 unspecified atom stereocenters. The van der Waals surface area contributed by atoms with E-state index in [-0.39, 0.29) is 0 Å². The second-order valence-electron chi connectivity index (χ2n) is 3.02. The predicted octanol–water partition coefficient (Wildman–Crippen LogP) is 1.11. The van der Waals surface area contributed by atoms with E-state index in [2.05, 4.69) is 4.84 Å². The molecule has 4 nitrogen and oxygen atoms in total. The summed E-state index contributed by atoms with van der Waals surface area (Å²) in [6.45, 7) is 2.69. The average molecular weight is 211 g/mol. The number of hydrogen-bond donors (Lipinski definition) is 1. The molecule has 1 rings (SSSR count). The van der Waals surface area contributed by atoms with E-state index in [0.717, 1.165) is 0 Å². The van der Waals surface area contributed by atoms with Crippen molar-refractivity contribution in [2.75, 3.05) is 26.4 Å². The monoisotopic (exact) mass is 211 g/mol. The third kappa shape index (κ3) is 6.19. The third-order valence-corrected chi connectivity index (χ3v) is 1.83. The zero-order valence-corrected chi connectivity index (χ0v) is 8.72. The number of benzene rings is 1. The fraction of sp³-hybridized carbons (Fsp3) is 0.455. The van der Waals surface area contributed by atoms with Gasteiger partial charge in [0.2, 0.25) is 0 Å². The first-order valence-corrected chi connectivity index (χ1v) is 4.94. The normalized spacial score (nSPS) is 10.5. The molecular weight excluding hydrogens is 194 g/mol. The molecule has 0 saturated heterocycles. The summed E-state index contributed by atoms with van der Waals surface area (Å²) in [5.41, 5.74) is 1.17. The molecule has 0 aliphatic rings. The lowest BCUT2D eigenvalue weighted by Crippen LogP contribution is -2.11. The van der Waals surface area contributed by atoms with Crippen molar-refractivity contribution in [2.45, 2.75) is 6.61 Å².